The van der Waals surface area contributed by atoms with E-state index < -0.39 is 0 Å². The van der Waals surface area contributed by atoms with Gasteiger partial charge in [0.15, 0.2) is 5.82 Å². The second-order valence-electron chi connectivity index (χ2n) is 6.96. The summed E-state index contributed by atoms with van der Waals surface area (Å²) in [6.07, 6.45) is 2.28. The first kappa shape index (κ1) is 18.4. The molecule has 3 aromatic rings. The van der Waals surface area contributed by atoms with Crippen LogP contribution in [0.4, 0.5) is 0 Å². The molecule has 8 nitrogen and oxygen atoms in total. The number of benzene rings is 1. The molecule has 0 unspecified atom stereocenters. The van der Waals surface area contributed by atoms with Crippen molar-refractivity contribution in [2.45, 2.75) is 52.5 Å². The number of fused-ring (bicyclic) bond motifs is 1. The van der Waals surface area contributed by atoms with E-state index in [4.69, 9.17) is 4.74 Å². The van der Waals surface area contributed by atoms with Gasteiger partial charge in [0.2, 0.25) is 0 Å². The molecule has 4 rings (SSSR count). The van der Waals surface area contributed by atoms with Crippen LogP contribution in [0.5, 0.6) is 0 Å². The fraction of sp³-hybridized carbons (Fsp3) is 0.400. The molecule has 0 bridgehead atoms. The molecule has 2 aromatic heterocycles. The van der Waals surface area contributed by atoms with Gasteiger partial charge in [0.1, 0.15) is 12.0 Å². The zero-order chi connectivity index (χ0) is 19.7. The average Bonchev–Trinajstić information content (AvgIpc) is 3.31. The molecule has 8 heteroatoms. The molecule has 28 heavy (non-hydrogen) atoms. The van der Waals surface area contributed by atoms with Crippen LogP contribution >= 0.6 is 0 Å². The van der Waals surface area contributed by atoms with Crippen molar-refractivity contribution >= 4 is 5.91 Å². The Balaban J connectivity index is 1.57. The molecule has 0 spiro atoms. The molecule has 146 valence electrons. The number of hydrogen-bond acceptors (Lipinski definition) is 5. The van der Waals surface area contributed by atoms with E-state index in [1.807, 2.05) is 55.7 Å². The average molecular weight is 380 g/mol. The van der Waals surface area contributed by atoms with Gasteiger partial charge in [-0.05, 0) is 32.9 Å². The van der Waals surface area contributed by atoms with Gasteiger partial charge in [-0.2, -0.15) is 5.10 Å². The van der Waals surface area contributed by atoms with Crippen LogP contribution in [0, 0.1) is 0 Å². The highest BCUT2D eigenvalue weighted by molar-refractivity contribution is 5.94. The van der Waals surface area contributed by atoms with Crippen LogP contribution in [0.15, 0.2) is 36.7 Å². The number of para-hydroxylation sites is 1. The van der Waals surface area contributed by atoms with Crippen molar-refractivity contribution < 1.29 is 9.53 Å². The van der Waals surface area contributed by atoms with Crippen molar-refractivity contribution in [1.29, 1.82) is 0 Å². The van der Waals surface area contributed by atoms with Gasteiger partial charge in [-0.25, -0.2) is 0 Å². The molecule has 0 radical (unpaired) electrons. The third-order valence-corrected chi connectivity index (χ3v) is 4.97. The minimum absolute atomic E-state index is 0.0599. The first-order valence-corrected chi connectivity index (χ1v) is 9.56. The number of aromatic nitrogens is 5. The van der Waals surface area contributed by atoms with E-state index in [2.05, 4.69) is 20.6 Å². The molecular weight excluding hydrogens is 356 g/mol. The van der Waals surface area contributed by atoms with Crippen molar-refractivity contribution in [1.82, 2.24) is 29.9 Å². The molecule has 0 fully saturated rings. The van der Waals surface area contributed by atoms with Gasteiger partial charge < -0.3 is 10.1 Å². The van der Waals surface area contributed by atoms with Crippen molar-refractivity contribution in [3.8, 4) is 5.69 Å². The van der Waals surface area contributed by atoms with Gasteiger partial charge in [-0.1, -0.05) is 18.2 Å². The zero-order valence-electron chi connectivity index (χ0n) is 16.3. The van der Waals surface area contributed by atoms with Gasteiger partial charge >= 0.3 is 0 Å². The van der Waals surface area contributed by atoms with Crippen LogP contribution in [-0.4, -0.2) is 36.6 Å². The van der Waals surface area contributed by atoms with Crippen molar-refractivity contribution in [2.75, 3.05) is 0 Å². The van der Waals surface area contributed by atoms with E-state index in [9.17, 15) is 4.79 Å². The number of hydrogen-bond donors (Lipinski definition) is 1. The SMILES string of the molecule is CCn1nc2c(c1C(=O)NCc1nncn1-c1ccccc1)C[C@H](C)O[C@@H]2C. The maximum Gasteiger partial charge on any atom is 0.270 e. The normalized spacial score (nSPS) is 18.7. The third kappa shape index (κ3) is 3.31. The number of ether oxygens (including phenoxy) is 1. The molecule has 1 aromatic carbocycles. The quantitative estimate of drug-likeness (QED) is 0.735. The standard InChI is InChI=1S/C20H24N6O2/c1-4-26-19(16-10-13(2)28-14(3)18(16)24-26)20(27)21-11-17-23-22-12-25(17)15-8-6-5-7-9-15/h5-9,12-14H,4,10-11H2,1-3H3,(H,21,27)/t13-,14+/m0/s1. The second-order valence-corrected chi connectivity index (χ2v) is 6.96. The molecule has 1 N–H and O–H groups in total. The Morgan fingerprint density at radius 1 is 1.29 bits per heavy atom. The molecule has 2 atom stereocenters. The summed E-state index contributed by atoms with van der Waals surface area (Å²) in [4.78, 5) is 13.0. The van der Waals surface area contributed by atoms with E-state index in [0.717, 1.165) is 16.9 Å². The summed E-state index contributed by atoms with van der Waals surface area (Å²) in [6.45, 7) is 6.88. The highest BCUT2D eigenvalue weighted by Gasteiger charge is 2.31. The highest BCUT2D eigenvalue weighted by atomic mass is 16.5. The molecule has 1 amide bonds. The van der Waals surface area contributed by atoms with E-state index in [-0.39, 0.29) is 24.7 Å². The number of nitrogens with one attached hydrogen (secondary N) is 1. The van der Waals surface area contributed by atoms with E-state index in [1.165, 1.54) is 0 Å². The van der Waals surface area contributed by atoms with E-state index in [1.54, 1.807) is 11.0 Å². The lowest BCUT2D eigenvalue weighted by Gasteiger charge is -2.24. The van der Waals surface area contributed by atoms with Gasteiger partial charge in [0, 0.05) is 24.2 Å². The minimum atomic E-state index is -0.153. The Labute approximate surface area is 163 Å². The summed E-state index contributed by atoms with van der Waals surface area (Å²) in [5.74, 6) is 0.514. The Morgan fingerprint density at radius 3 is 2.82 bits per heavy atom. The predicted molar refractivity (Wildman–Crippen MR) is 103 cm³/mol. The smallest absolute Gasteiger partial charge is 0.270 e. The lowest BCUT2D eigenvalue weighted by molar-refractivity contribution is -0.00712. The molecule has 0 aliphatic carbocycles. The number of aryl methyl sites for hydroxylation is 1. The Bertz CT molecular complexity index is 978. The van der Waals surface area contributed by atoms with Gasteiger partial charge in [0.05, 0.1) is 24.4 Å². The van der Waals surface area contributed by atoms with Crippen LogP contribution in [0.2, 0.25) is 0 Å². The van der Waals surface area contributed by atoms with Crippen molar-refractivity contribution in [3.05, 3.63) is 59.4 Å². The number of carbonyl (C=O) groups is 1. The van der Waals surface area contributed by atoms with Crippen LogP contribution in [0.1, 0.15) is 54.4 Å². The highest BCUT2D eigenvalue weighted by Crippen LogP contribution is 2.31. The summed E-state index contributed by atoms with van der Waals surface area (Å²) in [5, 5.41) is 15.7. The lowest BCUT2D eigenvalue weighted by atomic mass is 9.99. The fourth-order valence-electron chi connectivity index (χ4n) is 3.70. The van der Waals surface area contributed by atoms with Gasteiger partial charge in [0.25, 0.3) is 5.91 Å². The Kier molecular flexibility index (Phi) is 4.95. The topological polar surface area (TPSA) is 86.9 Å². The minimum Gasteiger partial charge on any atom is -0.369 e. The van der Waals surface area contributed by atoms with E-state index >= 15 is 0 Å². The maximum absolute atomic E-state index is 13.0. The second kappa shape index (κ2) is 7.55. The van der Waals surface area contributed by atoms with Crippen LogP contribution < -0.4 is 5.32 Å². The summed E-state index contributed by atoms with van der Waals surface area (Å²) in [7, 11) is 0. The zero-order valence-corrected chi connectivity index (χ0v) is 16.3. The summed E-state index contributed by atoms with van der Waals surface area (Å²) >= 11 is 0. The number of amides is 1. The van der Waals surface area contributed by atoms with Gasteiger partial charge in [-0.15, -0.1) is 10.2 Å². The molecular formula is C20H24N6O2. The fourth-order valence-corrected chi connectivity index (χ4v) is 3.70. The Morgan fingerprint density at radius 2 is 2.07 bits per heavy atom. The maximum atomic E-state index is 13.0. The van der Waals surface area contributed by atoms with Gasteiger partial charge in [-0.3, -0.25) is 14.0 Å². The summed E-state index contributed by atoms with van der Waals surface area (Å²) in [5.41, 5.74) is 3.41. The van der Waals surface area contributed by atoms with Crippen LogP contribution in [0.25, 0.3) is 5.69 Å². The largest absolute Gasteiger partial charge is 0.369 e. The number of nitrogens with zero attached hydrogens (tertiary/aromatic N) is 5. The van der Waals surface area contributed by atoms with E-state index in [0.29, 0.717) is 24.5 Å². The molecule has 1 aliphatic rings. The van der Waals surface area contributed by atoms with Crippen LogP contribution in [0.3, 0.4) is 0 Å². The predicted octanol–water partition coefficient (Wildman–Crippen LogP) is 2.44. The molecule has 0 saturated carbocycles. The summed E-state index contributed by atoms with van der Waals surface area (Å²) < 4.78 is 9.49. The van der Waals surface area contributed by atoms with Crippen LogP contribution in [-0.2, 0) is 24.2 Å². The summed E-state index contributed by atoms with van der Waals surface area (Å²) in [6, 6.07) is 9.80. The third-order valence-electron chi connectivity index (χ3n) is 4.97. The Hall–Kier alpha value is -3.00. The molecule has 3 heterocycles. The monoisotopic (exact) mass is 380 g/mol. The molecule has 1 aliphatic heterocycles. The van der Waals surface area contributed by atoms with Crippen molar-refractivity contribution in [3.63, 3.8) is 0 Å². The number of rotatable bonds is 5. The lowest BCUT2D eigenvalue weighted by Crippen LogP contribution is -2.29. The number of carbonyl (C=O) groups excluding carboxylic acids is 1. The molecule has 0 saturated heterocycles. The first-order valence-electron chi connectivity index (χ1n) is 9.56. The van der Waals surface area contributed by atoms with Crippen molar-refractivity contribution in [2.24, 2.45) is 0 Å². The first-order chi connectivity index (χ1) is 13.6.